The first kappa shape index (κ1) is 12.1. The molecule has 0 aromatic heterocycles. The van der Waals surface area contributed by atoms with Crippen LogP contribution < -0.4 is 0 Å². The first-order valence-corrected chi connectivity index (χ1v) is 5.74. The molecule has 1 rings (SSSR count). The van der Waals surface area contributed by atoms with Gasteiger partial charge in [0.1, 0.15) is 0 Å². The molecule has 0 bridgehead atoms. The lowest BCUT2D eigenvalue weighted by atomic mass is 10.1. The quantitative estimate of drug-likeness (QED) is 0.638. The van der Waals surface area contributed by atoms with Gasteiger partial charge >= 0.3 is 0 Å². The molecule has 0 saturated carbocycles. The summed E-state index contributed by atoms with van der Waals surface area (Å²) in [6.45, 7) is 2.12. The number of aryl methyl sites for hydroxylation is 1. The van der Waals surface area contributed by atoms with E-state index >= 15 is 0 Å². The average Bonchev–Trinajstić information content (AvgIpc) is 2.26. The standard InChI is InChI=1S/C14H17Cl/c1-13(11-12-15)7-5-6-10-14-8-3-2-4-9-14/h2-5,7-9,11-13H,6,10H2,1H3/b7-5+,12-11-/t13-/m1/s1. The van der Waals surface area contributed by atoms with Crippen molar-refractivity contribution in [2.45, 2.75) is 19.8 Å². The molecule has 0 aliphatic carbocycles. The second-order valence-corrected chi connectivity index (χ2v) is 3.88. The Morgan fingerprint density at radius 2 is 1.93 bits per heavy atom. The molecule has 0 N–H and O–H groups in total. The Balaban J connectivity index is 2.27. The van der Waals surface area contributed by atoms with Crippen molar-refractivity contribution in [3.63, 3.8) is 0 Å². The van der Waals surface area contributed by atoms with Crippen LogP contribution in [0.15, 0.2) is 54.1 Å². The van der Waals surface area contributed by atoms with E-state index in [0.29, 0.717) is 5.92 Å². The summed E-state index contributed by atoms with van der Waals surface area (Å²) in [6, 6.07) is 10.5. The van der Waals surface area contributed by atoms with Gasteiger partial charge in [-0.05, 0) is 24.3 Å². The fourth-order valence-corrected chi connectivity index (χ4v) is 1.61. The molecule has 0 aliphatic rings. The van der Waals surface area contributed by atoms with Gasteiger partial charge in [-0.25, -0.2) is 0 Å². The summed E-state index contributed by atoms with van der Waals surface area (Å²) in [5.74, 6) is 0.429. The Morgan fingerprint density at radius 3 is 2.60 bits per heavy atom. The number of allylic oxidation sites excluding steroid dienone is 3. The smallest absolute Gasteiger partial charge is 0.000828 e. The molecule has 1 atom stereocenters. The molecular weight excluding hydrogens is 204 g/mol. The van der Waals surface area contributed by atoms with Gasteiger partial charge in [-0.1, -0.05) is 67.1 Å². The van der Waals surface area contributed by atoms with E-state index in [4.69, 9.17) is 11.6 Å². The molecule has 1 heteroatoms. The number of halogens is 1. The number of benzene rings is 1. The minimum atomic E-state index is 0.429. The van der Waals surface area contributed by atoms with E-state index in [2.05, 4.69) is 43.3 Å². The Bertz CT molecular complexity index is 311. The molecule has 0 heterocycles. The lowest BCUT2D eigenvalue weighted by molar-refractivity contribution is 0.915. The van der Waals surface area contributed by atoms with Gasteiger partial charge in [-0.2, -0.15) is 0 Å². The van der Waals surface area contributed by atoms with Crippen LogP contribution in [0.3, 0.4) is 0 Å². The van der Waals surface area contributed by atoms with E-state index in [0.717, 1.165) is 12.8 Å². The highest BCUT2D eigenvalue weighted by atomic mass is 35.5. The highest BCUT2D eigenvalue weighted by Gasteiger charge is 1.90. The number of hydrogen-bond acceptors (Lipinski definition) is 0. The Morgan fingerprint density at radius 1 is 1.20 bits per heavy atom. The van der Waals surface area contributed by atoms with Gasteiger partial charge in [0, 0.05) is 5.54 Å². The highest BCUT2D eigenvalue weighted by molar-refractivity contribution is 6.25. The second-order valence-electron chi connectivity index (χ2n) is 3.63. The predicted molar refractivity (Wildman–Crippen MR) is 68.1 cm³/mol. The van der Waals surface area contributed by atoms with E-state index in [1.165, 1.54) is 5.56 Å². The third-order valence-corrected chi connectivity index (χ3v) is 2.40. The maximum Gasteiger partial charge on any atom is 0.000828 e. The van der Waals surface area contributed by atoms with Gasteiger partial charge < -0.3 is 0 Å². The molecule has 1 aromatic carbocycles. The van der Waals surface area contributed by atoms with Gasteiger partial charge in [0.2, 0.25) is 0 Å². The fourth-order valence-electron chi connectivity index (χ4n) is 1.38. The molecule has 0 radical (unpaired) electrons. The van der Waals surface area contributed by atoms with Crippen LogP contribution in [0.1, 0.15) is 18.9 Å². The Labute approximate surface area is 97.3 Å². The summed E-state index contributed by atoms with van der Waals surface area (Å²) in [7, 11) is 0. The van der Waals surface area contributed by atoms with Crippen LogP contribution in [0.5, 0.6) is 0 Å². The van der Waals surface area contributed by atoms with E-state index in [-0.39, 0.29) is 0 Å². The summed E-state index contributed by atoms with van der Waals surface area (Å²) in [5, 5.41) is 0. The minimum Gasteiger partial charge on any atom is -0.0933 e. The van der Waals surface area contributed by atoms with Crippen LogP contribution in [-0.4, -0.2) is 0 Å². The van der Waals surface area contributed by atoms with Crippen molar-refractivity contribution in [2.75, 3.05) is 0 Å². The predicted octanol–water partition coefficient (Wildman–Crippen LogP) is 4.56. The third kappa shape index (κ3) is 5.44. The SMILES string of the molecule is C[C@@H](/C=C\Cl)/C=C/CCc1ccccc1. The van der Waals surface area contributed by atoms with Gasteiger partial charge in [0.15, 0.2) is 0 Å². The fraction of sp³-hybridized carbons (Fsp3) is 0.286. The van der Waals surface area contributed by atoms with E-state index in [1.807, 2.05) is 12.1 Å². The van der Waals surface area contributed by atoms with Crippen LogP contribution >= 0.6 is 11.6 Å². The molecule has 80 valence electrons. The van der Waals surface area contributed by atoms with Crippen molar-refractivity contribution in [1.29, 1.82) is 0 Å². The summed E-state index contributed by atoms with van der Waals surface area (Å²) < 4.78 is 0. The number of rotatable bonds is 5. The van der Waals surface area contributed by atoms with Gasteiger partial charge in [-0.3, -0.25) is 0 Å². The topological polar surface area (TPSA) is 0 Å². The highest BCUT2D eigenvalue weighted by Crippen LogP contribution is 2.05. The molecule has 0 amide bonds. The van der Waals surface area contributed by atoms with Crippen LogP contribution in [0.25, 0.3) is 0 Å². The average molecular weight is 221 g/mol. The zero-order valence-electron chi connectivity index (χ0n) is 9.07. The van der Waals surface area contributed by atoms with Crippen LogP contribution in [0.4, 0.5) is 0 Å². The second kappa shape index (κ2) is 7.30. The molecule has 15 heavy (non-hydrogen) atoms. The van der Waals surface area contributed by atoms with Crippen LogP contribution in [-0.2, 0) is 6.42 Å². The Kier molecular flexibility index (Phi) is 5.87. The maximum atomic E-state index is 5.49. The van der Waals surface area contributed by atoms with Crippen molar-refractivity contribution in [2.24, 2.45) is 5.92 Å². The Hall–Kier alpha value is -1.01. The number of hydrogen-bond donors (Lipinski definition) is 0. The van der Waals surface area contributed by atoms with E-state index < -0.39 is 0 Å². The van der Waals surface area contributed by atoms with Crippen molar-refractivity contribution >= 4 is 11.6 Å². The van der Waals surface area contributed by atoms with Crippen molar-refractivity contribution in [3.05, 3.63) is 59.7 Å². The van der Waals surface area contributed by atoms with Gasteiger partial charge in [0.25, 0.3) is 0 Å². The summed E-state index contributed by atoms with van der Waals surface area (Å²) >= 11 is 5.49. The zero-order valence-corrected chi connectivity index (χ0v) is 9.82. The molecule has 0 spiro atoms. The summed E-state index contributed by atoms with van der Waals surface area (Å²) in [5.41, 5.74) is 2.97. The lowest BCUT2D eigenvalue weighted by Gasteiger charge is -1.98. The third-order valence-electron chi connectivity index (χ3n) is 2.26. The maximum absolute atomic E-state index is 5.49. The van der Waals surface area contributed by atoms with Crippen LogP contribution in [0, 0.1) is 5.92 Å². The van der Waals surface area contributed by atoms with Gasteiger partial charge in [-0.15, -0.1) is 0 Å². The minimum absolute atomic E-state index is 0.429. The van der Waals surface area contributed by atoms with Gasteiger partial charge in [0.05, 0.1) is 0 Å². The van der Waals surface area contributed by atoms with Crippen molar-refractivity contribution in [3.8, 4) is 0 Å². The molecule has 0 unspecified atom stereocenters. The van der Waals surface area contributed by atoms with E-state index in [1.54, 1.807) is 5.54 Å². The molecule has 1 aromatic rings. The monoisotopic (exact) mass is 220 g/mol. The largest absolute Gasteiger partial charge is 0.0933 e. The van der Waals surface area contributed by atoms with Crippen LogP contribution in [0.2, 0.25) is 0 Å². The summed E-state index contributed by atoms with van der Waals surface area (Å²) in [4.78, 5) is 0. The molecular formula is C14H17Cl. The first-order chi connectivity index (χ1) is 7.33. The normalized spacial score (nSPS) is 13.7. The zero-order chi connectivity index (χ0) is 10.9. The van der Waals surface area contributed by atoms with Crippen molar-refractivity contribution in [1.82, 2.24) is 0 Å². The molecule has 0 fully saturated rings. The summed E-state index contributed by atoms with van der Waals surface area (Å²) in [6.07, 6.45) is 8.57. The molecule has 0 aliphatic heterocycles. The molecule has 0 nitrogen and oxygen atoms in total. The first-order valence-electron chi connectivity index (χ1n) is 5.30. The van der Waals surface area contributed by atoms with Crippen molar-refractivity contribution < 1.29 is 0 Å². The molecule has 0 saturated heterocycles. The van der Waals surface area contributed by atoms with E-state index in [9.17, 15) is 0 Å². The lowest BCUT2D eigenvalue weighted by Crippen LogP contribution is -1.84.